The lowest BCUT2D eigenvalue weighted by molar-refractivity contribution is 0.0509. The Kier molecular flexibility index (Phi) is 8.74. The standard InChI is InChI=1S/C34H39N5O4S/c1-7-25-14-10-15-26(35-25)20-39-27(19-34(4,5)6)21-43-30-18-29(31-22(2)11-8-12-23(31)3)36-33(37-30)38-44(41,42)28-16-9-13-24(17-28)32(39)40/h8-18,27H,7,19-21H2,1-6H3,(H,36,37,38)/t27-/m1/s1. The number of hydrogen-bond donors (Lipinski definition) is 1. The number of carbonyl (C=O) groups excluding carboxylic acids is 1. The Bertz CT molecular complexity index is 1780. The van der Waals surface area contributed by atoms with Crippen LogP contribution in [0.25, 0.3) is 11.3 Å². The predicted molar refractivity (Wildman–Crippen MR) is 171 cm³/mol. The molecule has 5 rings (SSSR count). The van der Waals surface area contributed by atoms with Crippen LogP contribution in [0.3, 0.4) is 0 Å². The molecule has 1 aliphatic heterocycles. The zero-order valence-corrected chi connectivity index (χ0v) is 26.9. The largest absolute Gasteiger partial charge is 0.475 e. The van der Waals surface area contributed by atoms with Crippen molar-refractivity contribution >= 4 is 21.9 Å². The summed E-state index contributed by atoms with van der Waals surface area (Å²) in [6, 6.07) is 19.1. The molecule has 1 atom stereocenters. The maximum absolute atomic E-state index is 14.3. The van der Waals surface area contributed by atoms with E-state index in [4.69, 9.17) is 9.72 Å². The molecule has 3 heterocycles. The summed E-state index contributed by atoms with van der Waals surface area (Å²) in [6.45, 7) is 12.7. The highest BCUT2D eigenvalue weighted by Gasteiger charge is 2.31. The van der Waals surface area contributed by atoms with E-state index < -0.39 is 10.0 Å². The van der Waals surface area contributed by atoms with E-state index in [1.807, 2.05) is 57.2 Å². The van der Waals surface area contributed by atoms with Gasteiger partial charge in [-0.15, -0.1) is 0 Å². The third-order valence-electron chi connectivity index (χ3n) is 7.59. The van der Waals surface area contributed by atoms with E-state index in [1.54, 1.807) is 23.1 Å². The van der Waals surface area contributed by atoms with E-state index in [9.17, 15) is 13.2 Å². The second kappa shape index (κ2) is 12.4. The van der Waals surface area contributed by atoms with Crippen LogP contribution in [0.5, 0.6) is 5.88 Å². The molecular weight excluding hydrogens is 574 g/mol. The van der Waals surface area contributed by atoms with E-state index in [0.717, 1.165) is 34.5 Å². The van der Waals surface area contributed by atoms with Crippen LogP contribution in [-0.4, -0.2) is 46.8 Å². The second-order valence-corrected chi connectivity index (χ2v) is 14.1. The number of aromatic nitrogens is 3. The number of fused-ring (bicyclic) bond motifs is 4. The predicted octanol–water partition coefficient (Wildman–Crippen LogP) is 6.36. The number of nitrogens with one attached hydrogen (secondary N) is 1. The van der Waals surface area contributed by atoms with Gasteiger partial charge >= 0.3 is 0 Å². The van der Waals surface area contributed by atoms with E-state index in [2.05, 4.69) is 35.5 Å². The summed E-state index contributed by atoms with van der Waals surface area (Å²) in [4.78, 5) is 29.8. The van der Waals surface area contributed by atoms with Gasteiger partial charge in [-0.1, -0.05) is 58.0 Å². The Labute approximate surface area is 259 Å². The van der Waals surface area contributed by atoms with Gasteiger partial charge in [0.05, 0.1) is 28.9 Å². The quantitative estimate of drug-likeness (QED) is 0.279. The number of nitrogens with zero attached hydrogens (tertiary/aromatic N) is 4. The van der Waals surface area contributed by atoms with Crippen molar-refractivity contribution < 1.29 is 17.9 Å². The number of pyridine rings is 1. The van der Waals surface area contributed by atoms with Crippen molar-refractivity contribution in [3.8, 4) is 17.1 Å². The maximum atomic E-state index is 14.3. The van der Waals surface area contributed by atoms with Crippen molar-refractivity contribution in [1.82, 2.24) is 19.9 Å². The fourth-order valence-electron chi connectivity index (χ4n) is 5.54. The van der Waals surface area contributed by atoms with Crippen LogP contribution in [-0.2, 0) is 23.0 Å². The van der Waals surface area contributed by atoms with Crippen molar-refractivity contribution in [3.05, 3.63) is 94.8 Å². The Hall–Kier alpha value is -4.31. The molecule has 2 aromatic heterocycles. The van der Waals surface area contributed by atoms with Crippen molar-refractivity contribution in [2.45, 2.75) is 71.9 Å². The van der Waals surface area contributed by atoms with Gasteiger partial charge in [0.2, 0.25) is 11.8 Å². The molecule has 4 aromatic rings. The van der Waals surface area contributed by atoms with E-state index in [1.165, 1.54) is 12.1 Å². The first kappa shape index (κ1) is 31.1. The number of benzene rings is 2. The molecule has 4 bridgehead atoms. The molecule has 1 amide bonds. The molecular formula is C34H39N5O4S. The first-order chi connectivity index (χ1) is 20.8. The third-order valence-corrected chi connectivity index (χ3v) is 8.91. The smallest absolute Gasteiger partial charge is 0.264 e. The van der Waals surface area contributed by atoms with Crippen LogP contribution < -0.4 is 9.46 Å². The highest BCUT2D eigenvalue weighted by atomic mass is 32.2. The van der Waals surface area contributed by atoms with E-state index in [-0.39, 0.29) is 52.8 Å². The van der Waals surface area contributed by atoms with Crippen LogP contribution in [0, 0.1) is 19.3 Å². The lowest BCUT2D eigenvalue weighted by Gasteiger charge is -2.35. The molecule has 0 saturated heterocycles. The van der Waals surface area contributed by atoms with Gasteiger partial charge in [0.1, 0.15) is 6.61 Å². The third kappa shape index (κ3) is 7.07. The van der Waals surface area contributed by atoms with Gasteiger partial charge in [0.25, 0.3) is 15.9 Å². The Morgan fingerprint density at radius 1 is 0.932 bits per heavy atom. The minimum atomic E-state index is -4.14. The van der Waals surface area contributed by atoms with Crippen LogP contribution in [0.1, 0.15) is 67.0 Å². The summed E-state index contributed by atoms with van der Waals surface area (Å²) in [5.74, 6) is -0.212. The average Bonchev–Trinajstić information content (AvgIpc) is 2.97. The topological polar surface area (TPSA) is 114 Å². The molecule has 0 radical (unpaired) electrons. The highest BCUT2D eigenvalue weighted by Crippen LogP contribution is 2.31. The molecule has 0 fully saturated rings. The number of sulfonamides is 1. The summed E-state index contributed by atoms with van der Waals surface area (Å²) in [7, 11) is -4.14. The van der Waals surface area contributed by atoms with Crippen molar-refractivity contribution in [2.24, 2.45) is 5.41 Å². The summed E-state index contributed by atoms with van der Waals surface area (Å²) >= 11 is 0. The number of carbonyl (C=O) groups is 1. The molecule has 2 aromatic carbocycles. The van der Waals surface area contributed by atoms with Gasteiger partial charge in [-0.25, -0.2) is 18.1 Å². The highest BCUT2D eigenvalue weighted by molar-refractivity contribution is 7.92. The minimum Gasteiger partial charge on any atom is -0.475 e. The van der Waals surface area contributed by atoms with E-state index in [0.29, 0.717) is 12.1 Å². The number of anilines is 1. The molecule has 230 valence electrons. The Balaban J connectivity index is 1.68. The van der Waals surface area contributed by atoms with Gasteiger partial charge in [0.15, 0.2) is 0 Å². The van der Waals surface area contributed by atoms with Gasteiger partial charge in [-0.3, -0.25) is 9.78 Å². The van der Waals surface area contributed by atoms with Crippen molar-refractivity contribution in [1.29, 1.82) is 0 Å². The molecule has 9 nitrogen and oxygen atoms in total. The average molecular weight is 614 g/mol. The van der Waals surface area contributed by atoms with Gasteiger partial charge in [-0.2, -0.15) is 4.98 Å². The molecule has 0 unspecified atom stereocenters. The number of rotatable bonds is 5. The first-order valence-corrected chi connectivity index (χ1v) is 16.3. The lowest BCUT2D eigenvalue weighted by Crippen LogP contribution is -2.45. The lowest BCUT2D eigenvalue weighted by atomic mass is 9.87. The number of amides is 1. The molecule has 10 heteroatoms. The summed E-state index contributed by atoms with van der Waals surface area (Å²) < 4.78 is 36.0. The van der Waals surface area contributed by atoms with Crippen molar-refractivity contribution in [2.75, 3.05) is 11.3 Å². The molecule has 1 aliphatic rings. The molecule has 1 N–H and O–H groups in total. The monoisotopic (exact) mass is 613 g/mol. The zero-order valence-electron chi connectivity index (χ0n) is 26.1. The maximum Gasteiger partial charge on any atom is 0.264 e. The Morgan fingerprint density at radius 3 is 2.32 bits per heavy atom. The zero-order chi connectivity index (χ0) is 31.6. The normalized spacial score (nSPS) is 16.6. The first-order valence-electron chi connectivity index (χ1n) is 14.8. The number of aryl methyl sites for hydroxylation is 3. The fourth-order valence-corrected chi connectivity index (χ4v) is 6.52. The van der Waals surface area contributed by atoms with Crippen LogP contribution in [0.4, 0.5) is 5.95 Å². The van der Waals surface area contributed by atoms with Crippen LogP contribution >= 0.6 is 0 Å². The number of hydrogen-bond acceptors (Lipinski definition) is 7. The molecule has 0 spiro atoms. The summed E-state index contributed by atoms with van der Waals surface area (Å²) in [5, 5.41) is 0. The molecule has 0 aliphatic carbocycles. The van der Waals surface area contributed by atoms with Crippen molar-refractivity contribution in [3.63, 3.8) is 0 Å². The van der Waals surface area contributed by atoms with Crippen LogP contribution in [0.2, 0.25) is 0 Å². The van der Waals surface area contributed by atoms with Crippen LogP contribution in [0.15, 0.2) is 71.6 Å². The van der Waals surface area contributed by atoms with Gasteiger partial charge in [0, 0.05) is 22.9 Å². The van der Waals surface area contributed by atoms with Gasteiger partial charge in [-0.05, 0) is 73.6 Å². The minimum absolute atomic E-state index is 0.0652. The van der Waals surface area contributed by atoms with Gasteiger partial charge < -0.3 is 9.64 Å². The SMILES string of the molecule is CCc1cccc(CN2C(=O)c3cccc(c3)S(=O)(=O)Nc3nc(cc(-c4c(C)cccc4C)n3)OC[C@H]2CC(C)(C)C)n1. The number of ether oxygens (including phenoxy) is 1. The summed E-state index contributed by atoms with van der Waals surface area (Å²) in [6.07, 6.45) is 1.38. The van der Waals surface area contributed by atoms with E-state index >= 15 is 0 Å². The summed E-state index contributed by atoms with van der Waals surface area (Å²) in [5.41, 5.74) is 5.14. The second-order valence-electron chi connectivity index (χ2n) is 12.5. The fraction of sp³-hybridized carbons (Fsp3) is 0.353. The molecule has 44 heavy (non-hydrogen) atoms. The Morgan fingerprint density at radius 2 is 1.61 bits per heavy atom. The molecule has 0 saturated carbocycles.